The minimum absolute atomic E-state index is 0.0464. The van der Waals surface area contributed by atoms with E-state index in [9.17, 15) is 18.0 Å². The number of nitrogens with zero attached hydrogens (tertiary/aromatic N) is 2. The average molecular weight is 435 g/mol. The Morgan fingerprint density at radius 1 is 1.17 bits per heavy atom. The molecule has 1 saturated carbocycles. The Bertz CT molecular complexity index is 951. The van der Waals surface area contributed by atoms with Gasteiger partial charge in [0.25, 0.3) is 0 Å². The number of ketones is 1. The summed E-state index contributed by atoms with van der Waals surface area (Å²) in [6.45, 7) is 1.50. The molecule has 1 aromatic rings. The molecule has 1 aliphatic carbocycles. The zero-order valence-corrected chi connectivity index (χ0v) is 18.2. The third-order valence-corrected chi connectivity index (χ3v) is 9.22. The smallest absolute Gasteiger partial charge is 0.248 e. The fourth-order valence-corrected chi connectivity index (χ4v) is 8.46. The van der Waals surface area contributed by atoms with Gasteiger partial charge in [0.05, 0.1) is 17.5 Å². The third kappa shape index (κ3) is 4.58. The van der Waals surface area contributed by atoms with E-state index in [1.54, 1.807) is 18.2 Å². The molecule has 0 radical (unpaired) electrons. The molecule has 0 aromatic heterocycles. The summed E-state index contributed by atoms with van der Waals surface area (Å²) in [5, 5.41) is 0.429. The van der Waals surface area contributed by atoms with Crippen LogP contribution in [0.4, 0.5) is 5.69 Å². The van der Waals surface area contributed by atoms with Gasteiger partial charge in [0.2, 0.25) is 5.91 Å². The molecule has 3 fully saturated rings. The third-order valence-electron chi connectivity index (χ3n) is 6.01. The quantitative estimate of drug-likeness (QED) is 0.675. The average Bonchev–Trinajstić information content (AvgIpc) is 3.13. The molecule has 2 atom stereocenters. The number of thioether (sulfide) groups is 1. The molecule has 156 valence electrons. The van der Waals surface area contributed by atoms with Crippen molar-refractivity contribution in [2.24, 2.45) is 10.9 Å². The second-order valence-electron chi connectivity index (χ2n) is 8.27. The Labute approximate surface area is 176 Å². The Morgan fingerprint density at radius 3 is 2.66 bits per heavy atom. The lowest BCUT2D eigenvalue weighted by atomic mass is 9.87. The zero-order valence-electron chi connectivity index (χ0n) is 16.5. The van der Waals surface area contributed by atoms with Crippen molar-refractivity contribution in [1.29, 1.82) is 0 Å². The predicted molar refractivity (Wildman–Crippen MR) is 116 cm³/mol. The molecule has 2 aliphatic heterocycles. The van der Waals surface area contributed by atoms with E-state index in [-0.39, 0.29) is 34.5 Å². The van der Waals surface area contributed by atoms with Crippen molar-refractivity contribution < 1.29 is 18.0 Å². The van der Waals surface area contributed by atoms with E-state index in [0.29, 0.717) is 23.1 Å². The van der Waals surface area contributed by atoms with Crippen LogP contribution in [-0.4, -0.2) is 48.1 Å². The van der Waals surface area contributed by atoms with Crippen LogP contribution in [0.1, 0.15) is 55.8 Å². The number of sulfone groups is 1. The highest BCUT2D eigenvalue weighted by molar-refractivity contribution is 8.16. The van der Waals surface area contributed by atoms with Gasteiger partial charge in [-0.2, -0.15) is 4.99 Å². The second kappa shape index (κ2) is 8.22. The van der Waals surface area contributed by atoms with Crippen LogP contribution in [0.25, 0.3) is 0 Å². The maximum absolute atomic E-state index is 12.7. The van der Waals surface area contributed by atoms with Gasteiger partial charge in [-0.25, -0.2) is 8.42 Å². The zero-order chi connectivity index (χ0) is 20.6. The Hall–Kier alpha value is -1.67. The van der Waals surface area contributed by atoms with Crippen molar-refractivity contribution in [2.75, 3.05) is 16.4 Å². The van der Waals surface area contributed by atoms with Crippen molar-refractivity contribution >= 4 is 44.1 Å². The number of aliphatic imine (C=N–C) groups is 1. The van der Waals surface area contributed by atoms with E-state index in [1.807, 2.05) is 11.0 Å². The number of carbonyl (C=O) groups is 2. The SMILES string of the molecule is CC(=O)c1cccc(N2C(=NC(=O)CC3CCCCC3)SC3CS(=O)(=O)CC32)c1. The number of rotatable bonds is 4. The highest BCUT2D eigenvalue weighted by Gasteiger charge is 2.49. The highest BCUT2D eigenvalue weighted by atomic mass is 32.2. The summed E-state index contributed by atoms with van der Waals surface area (Å²) in [4.78, 5) is 30.8. The minimum atomic E-state index is -3.12. The Balaban J connectivity index is 1.62. The minimum Gasteiger partial charge on any atom is -0.316 e. The van der Waals surface area contributed by atoms with Gasteiger partial charge in [0.15, 0.2) is 20.8 Å². The molecule has 0 bridgehead atoms. The normalized spacial score (nSPS) is 27.9. The first-order valence-electron chi connectivity index (χ1n) is 10.2. The van der Waals surface area contributed by atoms with Crippen LogP contribution in [0.3, 0.4) is 0 Å². The van der Waals surface area contributed by atoms with Gasteiger partial charge in [0.1, 0.15) is 0 Å². The van der Waals surface area contributed by atoms with E-state index in [0.717, 1.165) is 18.5 Å². The number of anilines is 1. The summed E-state index contributed by atoms with van der Waals surface area (Å²) in [5.74, 6) is 0.365. The largest absolute Gasteiger partial charge is 0.316 e. The van der Waals surface area contributed by atoms with E-state index in [2.05, 4.69) is 4.99 Å². The summed E-state index contributed by atoms with van der Waals surface area (Å²) in [6, 6.07) is 6.88. The molecule has 29 heavy (non-hydrogen) atoms. The molecule has 2 heterocycles. The van der Waals surface area contributed by atoms with Crippen molar-refractivity contribution in [3.8, 4) is 0 Å². The first kappa shape index (κ1) is 20.6. The molecular formula is C21H26N2O4S2. The fraction of sp³-hybridized carbons (Fsp3) is 0.571. The van der Waals surface area contributed by atoms with Crippen LogP contribution in [-0.2, 0) is 14.6 Å². The topological polar surface area (TPSA) is 83.9 Å². The van der Waals surface area contributed by atoms with Crippen molar-refractivity contribution in [3.63, 3.8) is 0 Å². The van der Waals surface area contributed by atoms with Gasteiger partial charge in [0, 0.05) is 22.9 Å². The van der Waals surface area contributed by atoms with Crippen LogP contribution in [0, 0.1) is 5.92 Å². The van der Waals surface area contributed by atoms with Crippen LogP contribution < -0.4 is 4.90 Å². The molecule has 8 heteroatoms. The maximum Gasteiger partial charge on any atom is 0.248 e. The van der Waals surface area contributed by atoms with Crippen LogP contribution in [0.15, 0.2) is 29.3 Å². The molecule has 4 rings (SSSR count). The number of carbonyl (C=O) groups excluding carboxylic acids is 2. The summed E-state index contributed by atoms with van der Waals surface area (Å²) in [5.41, 5.74) is 1.28. The Kier molecular flexibility index (Phi) is 5.84. The van der Waals surface area contributed by atoms with Gasteiger partial charge in [-0.15, -0.1) is 0 Å². The lowest BCUT2D eigenvalue weighted by Gasteiger charge is -2.25. The molecule has 2 unspecified atom stereocenters. The monoisotopic (exact) mass is 434 g/mol. The number of hydrogen-bond acceptors (Lipinski definition) is 5. The summed E-state index contributed by atoms with van der Waals surface area (Å²) in [6.07, 6.45) is 6.21. The molecule has 0 N–H and O–H groups in total. The van der Waals surface area contributed by atoms with E-state index in [4.69, 9.17) is 0 Å². The number of amides is 1. The van der Waals surface area contributed by atoms with Crippen molar-refractivity contribution in [2.45, 2.75) is 56.7 Å². The van der Waals surface area contributed by atoms with Crippen molar-refractivity contribution in [3.05, 3.63) is 29.8 Å². The van der Waals surface area contributed by atoms with Crippen LogP contribution >= 0.6 is 11.8 Å². The number of Topliss-reactive ketones (excluding diaryl/α,β-unsaturated/α-hetero) is 1. The molecule has 1 amide bonds. The summed E-state index contributed by atoms with van der Waals surface area (Å²) >= 11 is 1.38. The number of amidine groups is 1. The van der Waals surface area contributed by atoms with Crippen LogP contribution in [0.2, 0.25) is 0 Å². The molecule has 2 saturated heterocycles. The van der Waals surface area contributed by atoms with E-state index >= 15 is 0 Å². The highest BCUT2D eigenvalue weighted by Crippen LogP contribution is 2.41. The first-order chi connectivity index (χ1) is 13.8. The standard InChI is InChI=1S/C21H26N2O4S2/c1-14(24)16-8-5-9-17(11-16)23-18-12-29(26,27)13-19(18)28-21(23)22-20(25)10-15-6-3-2-4-7-15/h5,8-9,11,15,18-19H,2-4,6-7,10,12-13H2,1H3. The van der Waals surface area contributed by atoms with Gasteiger partial charge in [-0.1, -0.05) is 43.2 Å². The summed E-state index contributed by atoms with van der Waals surface area (Å²) in [7, 11) is -3.12. The number of fused-ring (bicyclic) bond motifs is 1. The van der Waals surface area contributed by atoms with Gasteiger partial charge in [-0.3, -0.25) is 9.59 Å². The molecular weight excluding hydrogens is 408 g/mol. The van der Waals surface area contributed by atoms with Crippen LogP contribution in [0.5, 0.6) is 0 Å². The number of hydrogen-bond donors (Lipinski definition) is 0. The van der Waals surface area contributed by atoms with Gasteiger partial charge in [-0.05, 0) is 37.8 Å². The lowest BCUT2D eigenvalue weighted by Crippen LogP contribution is -2.37. The number of benzene rings is 1. The molecule has 1 aromatic carbocycles. The maximum atomic E-state index is 12.7. The first-order valence-corrected chi connectivity index (χ1v) is 12.9. The molecule has 6 nitrogen and oxygen atoms in total. The van der Waals surface area contributed by atoms with Gasteiger partial charge < -0.3 is 4.90 Å². The van der Waals surface area contributed by atoms with E-state index in [1.165, 1.54) is 37.9 Å². The van der Waals surface area contributed by atoms with Gasteiger partial charge >= 0.3 is 0 Å². The van der Waals surface area contributed by atoms with Crippen molar-refractivity contribution in [1.82, 2.24) is 0 Å². The molecule has 0 spiro atoms. The summed E-state index contributed by atoms with van der Waals surface area (Å²) < 4.78 is 24.4. The second-order valence-corrected chi connectivity index (χ2v) is 11.6. The predicted octanol–water partition coefficient (Wildman–Crippen LogP) is 3.46. The Morgan fingerprint density at radius 2 is 1.93 bits per heavy atom. The lowest BCUT2D eigenvalue weighted by molar-refractivity contribution is -0.118. The molecule has 3 aliphatic rings. The van der Waals surface area contributed by atoms with E-state index < -0.39 is 9.84 Å². The fourth-order valence-electron chi connectivity index (χ4n) is 4.53.